The normalized spacial score (nSPS) is 14.9. The molecule has 3 heterocycles. The number of amides is 1. The van der Waals surface area contributed by atoms with Crippen molar-refractivity contribution in [3.05, 3.63) is 48.3 Å². The van der Waals surface area contributed by atoms with E-state index in [1.165, 1.54) is 0 Å². The molecule has 1 saturated heterocycles. The third-order valence-electron chi connectivity index (χ3n) is 6.16. The van der Waals surface area contributed by atoms with Crippen LogP contribution in [0.25, 0.3) is 10.9 Å². The summed E-state index contributed by atoms with van der Waals surface area (Å²) in [6.45, 7) is 9.03. The highest BCUT2D eigenvalue weighted by atomic mass is 32.2. The van der Waals surface area contributed by atoms with Gasteiger partial charge in [-0.2, -0.15) is 0 Å². The molecule has 0 bridgehead atoms. The molecule has 0 saturated carbocycles. The van der Waals surface area contributed by atoms with Crippen molar-refractivity contribution in [3.8, 4) is 0 Å². The van der Waals surface area contributed by atoms with Crippen molar-refractivity contribution in [2.24, 2.45) is 0 Å². The average molecular weight is 485 g/mol. The number of pyridine rings is 1. The van der Waals surface area contributed by atoms with Gasteiger partial charge in [-0.1, -0.05) is 6.92 Å². The highest BCUT2D eigenvalue weighted by Gasteiger charge is 2.26. The highest BCUT2D eigenvalue weighted by molar-refractivity contribution is 7.92. The standard InChI is InChI=1S/C24H32N6O3S/c1-5-24(2,3)27-20-7-6-10-25-22(20)29-11-13-30(14-12-29)23(31)21-16-17-15-18(28-34(4,32)33)8-9-19(17)26-21/h6-10,15-16,26-28H,5,11-14H2,1-4H3. The number of aromatic nitrogens is 2. The van der Waals surface area contributed by atoms with Gasteiger partial charge in [0.1, 0.15) is 5.69 Å². The second kappa shape index (κ2) is 9.17. The second-order valence-corrected chi connectivity index (χ2v) is 11.1. The van der Waals surface area contributed by atoms with Gasteiger partial charge in [0.25, 0.3) is 5.91 Å². The maximum atomic E-state index is 13.2. The Bertz CT molecular complexity index is 1290. The number of sulfonamides is 1. The van der Waals surface area contributed by atoms with E-state index in [1.807, 2.05) is 11.0 Å². The molecule has 3 N–H and O–H groups in total. The number of carbonyl (C=O) groups excluding carboxylic acids is 1. The van der Waals surface area contributed by atoms with Crippen molar-refractivity contribution in [1.82, 2.24) is 14.9 Å². The number of rotatable bonds is 7. The third kappa shape index (κ3) is 5.44. The zero-order valence-corrected chi connectivity index (χ0v) is 20.9. The van der Waals surface area contributed by atoms with Crippen LogP contribution in [0, 0.1) is 0 Å². The maximum absolute atomic E-state index is 13.2. The van der Waals surface area contributed by atoms with Crippen molar-refractivity contribution in [3.63, 3.8) is 0 Å². The van der Waals surface area contributed by atoms with Gasteiger partial charge in [-0.05, 0) is 56.7 Å². The van der Waals surface area contributed by atoms with Crippen LogP contribution in [0.2, 0.25) is 0 Å². The van der Waals surface area contributed by atoms with E-state index in [1.54, 1.807) is 30.5 Å². The average Bonchev–Trinajstić information content (AvgIpc) is 3.21. The summed E-state index contributed by atoms with van der Waals surface area (Å²) in [6, 6.07) is 10.9. The SMILES string of the molecule is CCC(C)(C)Nc1cccnc1N1CCN(C(=O)c2cc3cc(NS(C)(=O)=O)ccc3[nH]2)CC1. The Morgan fingerprint density at radius 2 is 1.88 bits per heavy atom. The van der Waals surface area contributed by atoms with Crippen LogP contribution < -0.4 is 14.9 Å². The summed E-state index contributed by atoms with van der Waals surface area (Å²) in [7, 11) is -3.37. The first-order valence-corrected chi connectivity index (χ1v) is 13.3. The minimum atomic E-state index is -3.37. The molecule has 3 aromatic rings. The minimum Gasteiger partial charge on any atom is -0.377 e. The van der Waals surface area contributed by atoms with Gasteiger partial charge in [-0.3, -0.25) is 9.52 Å². The van der Waals surface area contributed by atoms with Crippen molar-refractivity contribution in [2.75, 3.05) is 47.4 Å². The summed E-state index contributed by atoms with van der Waals surface area (Å²) >= 11 is 0. The smallest absolute Gasteiger partial charge is 0.270 e. The van der Waals surface area contributed by atoms with E-state index in [-0.39, 0.29) is 11.4 Å². The number of nitrogens with zero attached hydrogens (tertiary/aromatic N) is 3. The molecule has 4 rings (SSSR count). The molecule has 2 aromatic heterocycles. The third-order valence-corrected chi connectivity index (χ3v) is 6.77. The molecule has 10 heteroatoms. The lowest BCUT2D eigenvalue weighted by Crippen LogP contribution is -2.49. The monoisotopic (exact) mass is 484 g/mol. The molecule has 34 heavy (non-hydrogen) atoms. The predicted octanol–water partition coefficient (Wildman–Crippen LogP) is 3.50. The number of nitrogens with one attached hydrogen (secondary N) is 3. The summed E-state index contributed by atoms with van der Waals surface area (Å²) in [6.07, 6.45) is 3.89. The van der Waals surface area contributed by atoms with E-state index in [4.69, 9.17) is 0 Å². The van der Waals surface area contributed by atoms with Crippen LogP contribution in [0.3, 0.4) is 0 Å². The molecule has 182 valence electrons. The molecule has 0 spiro atoms. The van der Waals surface area contributed by atoms with E-state index < -0.39 is 10.0 Å². The zero-order valence-electron chi connectivity index (χ0n) is 20.1. The van der Waals surface area contributed by atoms with Gasteiger partial charge in [0.15, 0.2) is 5.82 Å². The molecule has 0 atom stereocenters. The number of H-pyrrole nitrogens is 1. The fraction of sp³-hybridized carbons (Fsp3) is 0.417. The number of fused-ring (bicyclic) bond motifs is 1. The first-order chi connectivity index (χ1) is 16.0. The largest absolute Gasteiger partial charge is 0.377 e. The predicted molar refractivity (Wildman–Crippen MR) is 137 cm³/mol. The Balaban J connectivity index is 1.45. The lowest BCUT2D eigenvalue weighted by atomic mass is 10.0. The molecule has 0 aliphatic carbocycles. The van der Waals surface area contributed by atoms with Crippen molar-refractivity contribution in [1.29, 1.82) is 0 Å². The molecule has 0 unspecified atom stereocenters. The number of hydrogen-bond acceptors (Lipinski definition) is 6. The lowest BCUT2D eigenvalue weighted by Gasteiger charge is -2.37. The molecule has 0 radical (unpaired) electrons. The number of hydrogen-bond donors (Lipinski definition) is 3. The van der Waals surface area contributed by atoms with Crippen molar-refractivity contribution >= 4 is 44.0 Å². The van der Waals surface area contributed by atoms with Crippen molar-refractivity contribution < 1.29 is 13.2 Å². The molecule has 9 nitrogen and oxygen atoms in total. The Kier molecular flexibility index (Phi) is 6.44. The highest BCUT2D eigenvalue weighted by Crippen LogP contribution is 2.28. The van der Waals surface area contributed by atoms with Gasteiger partial charge in [0, 0.05) is 54.5 Å². The van der Waals surface area contributed by atoms with Crippen LogP contribution in [0.15, 0.2) is 42.6 Å². The first-order valence-electron chi connectivity index (χ1n) is 11.4. The quantitative estimate of drug-likeness (QED) is 0.473. The molecular formula is C24H32N6O3S. The zero-order chi connectivity index (χ0) is 24.5. The number of benzene rings is 1. The van der Waals surface area contributed by atoms with E-state index in [9.17, 15) is 13.2 Å². The van der Waals surface area contributed by atoms with E-state index >= 15 is 0 Å². The van der Waals surface area contributed by atoms with Gasteiger partial charge in [0.2, 0.25) is 10.0 Å². The van der Waals surface area contributed by atoms with Gasteiger partial charge in [0.05, 0.1) is 11.9 Å². The van der Waals surface area contributed by atoms with Crippen LogP contribution in [0.1, 0.15) is 37.7 Å². The number of carbonyl (C=O) groups is 1. The number of anilines is 3. The van der Waals surface area contributed by atoms with Crippen LogP contribution >= 0.6 is 0 Å². The fourth-order valence-corrected chi connectivity index (χ4v) is 4.57. The summed E-state index contributed by atoms with van der Waals surface area (Å²) in [4.78, 5) is 25.0. The van der Waals surface area contributed by atoms with Crippen LogP contribution in [-0.2, 0) is 10.0 Å². The molecule has 1 amide bonds. The minimum absolute atomic E-state index is 0.0398. The Morgan fingerprint density at radius 1 is 1.15 bits per heavy atom. The Labute approximate surface area is 200 Å². The first kappa shape index (κ1) is 23.9. The van der Waals surface area contributed by atoms with Crippen molar-refractivity contribution in [2.45, 2.75) is 32.7 Å². The molecular weight excluding hydrogens is 452 g/mol. The molecule has 1 aliphatic rings. The van der Waals surface area contributed by atoms with E-state index in [2.05, 4.69) is 51.7 Å². The molecule has 1 aromatic carbocycles. The van der Waals surface area contributed by atoms with Gasteiger partial charge < -0.3 is 20.1 Å². The fourth-order valence-electron chi connectivity index (χ4n) is 4.02. The van der Waals surface area contributed by atoms with Gasteiger partial charge in [-0.15, -0.1) is 0 Å². The van der Waals surface area contributed by atoms with Gasteiger partial charge >= 0.3 is 0 Å². The topological polar surface area (TPSA) is 110 Å². The number of piperazine rings is 1. The lowest BCUT2D eigenvalue weighted by molar-refractivity contribution is 0.0741. The van der Waals surface area contributed by atoms with Crippen LogP contribution in [-0.4, -0.2) is 67.2 Å². The number of aromatic amines is 1. The van der Waals surface area contributed by atoms with Crippen LogP contribution in [0.4, 0.5) is 17.2 Å². The Hall–Kier alpha value is -3.27. The summed E-state index contributed by atoms with van der Waals surface area (Å²) in [5.41, 5.74) is 2.70. The van der Waals surface area contributed by atoms with Crippen LogP contribution in [0.5, 0.6) is 0 Å². The summed E-state index contributed by atoms with van der Waals surface area (Å²) in [5.74, 6) is 0.840. The molecule has 1 aliphatic heterocycles. The van der Waals surface area contributed by atoms with Gasteiger partial charge in [-0.25, -0.2) is 13.4 Å². The molecule has 1 fully saturated rings. The summed E-state index contributed by atoms with van der Waals surface area (Å²) < 4.78 is 25.5. The summed E-state index contributed by atoms with van der Waals surface area (Å²) in [5, 5.41) is 4.37. The van der Waals surface area contributed by atoms with E-state index in [0.717, 1.165) is 35.1 Å². The maximum Gasteiger partial charge on any atom is 0.270 e. The Morgan fingerprint density at radius 3 is 2.56 bits per heavy atom. The van der Waals surface area contributed by atoms with E-state index in [0.29, 0.717) is 37.6 Å². The second-order valence-electron chi connectivity index (χ2n) is 9.38.